The highest BCUT2D eigenvalue weighted by Crippen LogP contribution is 2.37. The smallest absolute Gasteiger partial charge is 0.308 e. The van der Waals surface area contributed by atoms with E-state index in [4.69, 9.17) is 33.2 Å². The summed E-state index contributed by atoms with van der Waals surface area (Å²) in [4.78, 5) is 41.0. The summed E-state index contributed by atoms with van der Waals surface area (Å²) in [6.07, 6.45) is -2.85. The number of carbonyl (C=O) groups excluding carboxylic acids is 3. The van der Waals surface area contributed by atoms with Gasteiger partial charge in [0, 0.05) is 38.8 Å². The number of allylic oxidation sites excluding steroid dienone is 3. The summed E-state index contributed by atoms with van der Waals surface area (Å²) in [5, 5.41) is 38.9. The lowest BCUT2D eigenvalue weighted by atomic mass is 9.82. The van der Waals surface area contributed by atoms with E-state index in [1.54, 1.807) is 58.8 Å². The van der Waals surface area contributed by atoms with Gasteiger partial charge >= 0.3 is 11.9 Å². The van der Waals surface area contributed by atoms with E-state index in [9.17, 15) is 29.7 Å². The molecule has 2 saturated heterocycles. The first-order chi connectivity index (χ1) is 29.3. The maximum atomic E-state index is 13.5. The van der Waals surface area contributed by atoms with E-state index < -0.39 is 103 Å². The number of rotatable bonds is 14. The lowest BCUT2D eigenvalue weighted by molar-refractivity contribution is -0.344. The molecule has 0 amide bonds. The Morgan fingerprint density at radius 3 is 2.34 bits per heavy atom. The third-order valence-corrected chi connectivity index (χ3v) is 11.9. The number of likely N-dealkylation sites (N-methyl/N-ethyl adjacent to an activating group) is 1. The van der Waals surface area contributed by atoms with Crippen molar-refractivity contribution in [3.05, 3.63) is 60.2 Å². The Labute approximate surface area is 368 Å². The molecule has 1 aromatic rings. The number of nitrogens with zero attached hydrogens (tertiary/aromatic N) is 1. The summed E-state index contributed by atoms with van der Waals surface area (Å²) in [5.74, 6) is -1.96. The van der Waals surface area contributed by atoms with Crippen LogP contribution in [0.5, 0.6) is 0 Å². The number of benzene rings is 1. The zero-order chi connectivity index (χ0) is 45.7. The van der Waals surface area contributed by atoms with E-state index in [1.165, 1.54) is 13.2 Å². The van der Waals surface area contributed by atoms with Crippen molar-refractivity contribution in [3.63, 3.8) is 0 Å². The fourth-order valence-electron chi connectivity index (χ4n) is 8.72. The van der Waals surface area contributed by atoms with Gasteiger partial charge in [-0.1, -0.05) is 69.3 Å². The molecule has 62 heavy (non-hydrogen) atoms. The first-order valence-corrected chi connectivity index (χ1v) is 22.2. The Kier molecular flexibility index (Phi) is 20.2. The SMILES string of the molecule is CO[C@@H]1[C@@H](O[C@@H]2O[C@H](C)[C@@H](O[C@H]3C[C@@](C)(O)[C@@H](OC(=O)CC(C)C)[C@H](C)O3)[C@H](N(C)C)[C@H]2O)[C@@H](CCNCc2ccccc2)C[C@@H](C)C(=O)C=CC=CC[C@@H](C)OC(=O)C[C@H]1O. The zero-order valence-corrected chi connectivity index (χ0v) is 38.4. The minimum Gasteiger partial charge on any atom is -0.462 e. The van der Waals surface area contributed by atoms with Gasteiger partial charge in [-0.2, -0.15) is 0 Å². The molecular formula is C47H74N2O13. The van der Waals surface area contributed by atoms with E-state index in [-0.39, 0.29) is 31.0 Å². The second-order valence-corrected chi connectivity index (χ2v) is 18.2. The number of carbonyl (C=O) groups is 3. The third-order valence-electron chi connectivity index (χ3n) is 11.9. The van der Waals surface area contributed by atoms with E-state index >= 15 is 0 Å². The molecule has 0 bridgehead atoms. The first-order valence-electron chi connectivity index (χ1n) is 22.2. The van der Waals surface area contributed by atoms with E-state index in [1.807, 2.05) is 57.2 Å². The van der Waals surface area contributed by atoms with Gasteiger partial charge in [0.15, 0.2) is 24.5 Å². The number of aliphatic hydroxyl groups is 3. The van der Waals surface area contributed by atoms with Crippen LogP contribution in [-0.2, 0) is 54.1 Å². The molecule has 15 atom stereocenters. The summed E-state index contributed by atoms with van der Waals surface area (Å²) in [6.45, 7) is 13.6. The normalized spacial score (nSPS) is 36.8. The summed E-state index contributed by atoms with van der Waals surface area (Å²) in [5.41, 5.74) is -0.384. The van der Waals surface area contributed by atoms with Gasteiger partial charge in [0.2, 0.25) is 0 Å². The second kappa shape index (κ2) is 24.3. The Morgan fingerprint density at radius 2 is 1.69 bits per heavy atom. The van der Waals surface area contributed by atoms with Crippen LogP contribution < -0.4 is 5.32 Å². The topological polar surface area (TPSA) is 192 Å². The van der Waals surface area contributed by atoms with E-state index in [2.05, 4.69) is 5.32 Å². The van der Waals surface area contributed by atoms with Crippen LogP contribution in [0, 0.1) is 17.8 Å². The number of hydrogen-bond donors (Lipinski definition) is 4. The average Bonchev–Trinajstić information content (AvgIpc) is 3.18. The number of esters is 2. The number of ketones is 1. The quantitative estimate of drug-likeness (QED) is 0.153. The van der Waals surface area contributed by atoms with Crippen molar-refractivity contribution in [2.45, 2.75) is 173 Å². The second-order valence-electron chi connectivity index (χ2n) is 18.2. The molecule has 0 radical (unpaired) electrons. The molecule has 0 spiro atoms. The Balaban J connectivity index is 1.63. The summed E-state index contributed by atoms with van der Waals surface area (Å²) < 4.78 is 43.3. The molecule has 0 aliphatic carbocycles. The monoisotopic (exact) mass is 875 g/mol. The standard InChI is InChI=1S/C47H74N2O13/c1-28(2)23-37(52)60-45-32(6)58-39(26-47(45,7)55)61-42-31(5)59-46(41(54)40(42)49(8)9)62-43-34(21-22-48-27-33-18-14-12-15-19-33)24-29(3)35(50)20-16-11-13-17-30(4)57-38(53)25-36(51)44(43)56-10/h11-16,18-20,28-32,34,36,39-46,48,51,54-55H,17,21-27H2,1-10H3/t29-,30-,31-,32+,34+,36-,39+,40-,41-,42-,43+,44+,45+,46+,47-/m1/s1. The molecule has 4 rings (SSSR count). The van der Waals surface area contributed by atoms with Gasteiger partial charge < -0.3 is 58.7 Å². The average molecular weight is 875 g/mol. The van der Waals surface area contributed by atoms with Crippen molar-refractivity contribution in [1.82, 2.24) is 10.2 Å². The molecule has 15 nitrogen and oxygen atoms in total. The van der Waals surface area contributed by atoms with Gasteiger partial charge in [-0.05, 0) is 84.7 Å². The van der Waals surface area contributed by atoms with Crippen LogP contribution in [0.1, 0.15) is 92.6 Å². The van der Waals surface area contributed by atoms with Crippen LogP contribution >= 0.6 is 0 Å². The molecule has 350 valence electrons. The molecule has 0 unspecified atom stereocenters. The highest BCUT2D eigenvalue weighted by molar-refractivity contribution is 5.91. The third kappa shape index (κ3) is 15.0. The summed E-state index contributed by atoms with van der Waals surface area (Å²) >= 11 is 0. The molecule has 3 aliphatic rings. The number of cyclic esters (lactones) is 1. The molecular weight excluding hydrogens is 801 g/mol. The zero-order valence-electron chi connectivity index (χ0n) is 38.4. The van der Waals surface area contributed by atoms with Crippen molar-refractivity contribution >= 4 is 17.7 Å². The van der Waals surface area contributed by atoms with Gasteiger partial charge in [-0.25, -0.2) is 0 Å². The minimum atomic E-state index is -1.48. The van der Waals surface area contributed by atoms with Crippen LogP contribution in [0.25, 0.3) is 0 Å². The summed E-state index contributed by atoms with van der Waals surface area (Å²) in [6, 6.07) is 9.21. The van der Waals surface area contributed by atoms with E-state index in [0.29, 0.717) is 32.4 Å². The molecule has 0 saturated carbocycles. The fraction of sp³-hybridized carbons (Fsp3) is 0.723. The predicted octanol–water partition coefficient (Wildman–Crippen LogP) is 4.24. The molecule has 15 heteroatoms. The lowest BCUT2D eigenvalue weighted by Crippen LogP contribution is -2.66. The number of hydrogen-bond acceptors (Lipinski definition) is 15. The van der Waals surface area contributed by atoms with E-state index in [0.717, 1.165) is 5.56 Å². The maximum absolute atomic E-state index is 13.5. The molecule has 2 fully saturated rings. The minimum absolute atomic E-state index is 0.0184. The van der Waals surface area contributed by atoms with Crippen LogP contribution in [0.15, 0.2) is 54.6 Å². The highest BCUT2D eigenvalue weighted by Gasteiger charge is 2.52. The number of aliphatic hydroxyl groups excluding tert-OH is 2. The van der Waals surface area contributed by atoms with Crippen LogP contribution in [0.3, 0.4) is 0 Å². The predicted molar refractivity (Wildman–Crippen MR) is 231 cm³/mol. The van der Waals surface area contributed by atoms with Gasteiger partial charge in [0.05, 0.1) is 36.9 Å². The van der Waals surface area contributed by atoms with Crippen LogP contribution in [0.2, 0.25) is 0 Å². The van der Waals surface area contributed by atoms with Crippen molar-refractivity contribution < 1.29 is 62.9 Å². The van der Waals surface area contributed by atoms with Gasteiger partial charge in [-0.15, -0.1) is 0 Å². The lowest BCUT2D eigenvalue weighted by Gasteiger charge is -2.50. The van der Waals surface area contributed by atoms with Crippen LogP contribution in [-0.4, -0.2) is 145 Å². The molecule has 3 aliphatic heterocycles. The Morgan fingerprint density at radius 1 is 0.984 bits per heavy atom. The maximum Gasteiger partial charge on any atom is 0.308 e. The summed E-state index contributed by atoms with van der Waals surface area (Å²) in [7, 11) is 5.01. The molecule has 0 aromatic heterocycles. The van der Waals surface area contributed by atoms with Gasteiger partial charge in [-0.3, -0.25) is 14.4 Å². The molecule has 4 N–H and O–H groups in total. The van der Waals surface area contributed by atoms with Gasteiger partial charge in [0.25, 0.3) is 0 Å². The van der Waals surface area contributed by atoms with Crippen LogP contribution in [0.4, 0.5) is 0 Å². The molecule has 1 aromatic carbocycles. The van der Waals surface area contributed by atoms with Crippen molar-refractivity contribution in [2.24, 2.45) is 17.8 Å². The van der Waals surface area contributed by atoms with Crippen molar-refractivity contribution in [2.75, 3.05) is 27.7 Å². The van der Waals surface area contributed by atoms with Crippen molar-refractivity contribution in [3.8, 4) is 0 Å². The number of ether oxygens (including phenoxy) is 7. The molecule has 3 heterocycles. The number of nitrogens with one attached hydrogen (secondary N) is 1. The number of methoxy groups -OCH3 is 1. The Bertz CT molecular complexity index is 1600. The Hall–Kier alpha value is -3.09. The first kappa shape index (κ1) is 51.5. The van der Waals surface area contributed by atoms with Gasteiger partial charge in [0.1, 0.15) is 30.0 Å². The largest absolute Gasteiger partial charge is 0.462 e. The highest BCUT2D eigenvalue weighted by atomic mass is 16.7. The fourth-order valence-corrected chi connectivity index (χ4v) is 8.72. The van der Waals surface area contributed by atoms with Crippen molar-refractivity contribution in [1.29, 1.82) is 0 Å².